The van der Waals surface area contributed by atoms with Crippen molar-refractivity contribution in [3.05, 3.63) is 59.7 Å². The molecule has 0 aromatic heterocycles. The quantitative estimate of drug-likeness (QED) is 0.860. The van der Waals surface area contributed by atoms with Gasteiger partial charge in [0.15, 0.2) is 0 Å². The van der Waals surface area contributed by atoms with Crippen LogP contribution in [0.15, 0.2) is 48.5 Å². The molecule has 0 radical (unpaired) electrons. The highest BCUT2D eigenvalue weighted by Gasteiger charge is 2.40. The maximum absolute atomic E-state index is 12.6. The molecule has 0 bridgehead atoms. The van der Waals surface area contributed by atoms with E-state index in [1.54, 1.807) is 0 Å². The monoisotopic (exact) mass is 351 g/mol. The fourth-order valence-electron chi connectivity index (χ4n) is 3.99. The molecule has 2 aliphatic rings. The highest BCUT2D eigenvalue weighted by molar-refractivity contribution is 5.90. The minimum atomic E-state index is -0.790. The number of rotatable bonds is 4. The van der Waals surface area contributed by atoms with Gasteiger partial charge in [-0.2, -0.15) is 0 Å². The van der Waals surface area contributed by atoms with E-state index in [9.17, 15) is 9.59 Å². The van der Waals surface area contributed by atoms with E-state index in [4.69, 9.17) is 9.47 Å². The van der Waals surface area contributed by atoms with Crippen LogP contribution in [0, 0.1) is 0 Å². The number of fused-ring (bicyclic) bond motifs is 3. The molecule has 1 N–H and O–H groups in total. The first-order chi connectivity index (χ1) is 12.7. The van der Waals surface area contributed by atoms with Crippen LogP contribution in [0.5, 0.6) is 0 Å². The average Bonchev–Trinajstić information content (AvgIpc) is 3.32. The first-order valence-electron chi connectivity index (χ1n) is 8.88. The van der Waals surface area contributed by atoms with Gasteiger partial charge < -0.3 is 14.8 Å². The molecule has 1 amide bonds. The standard InChI is InChI=1S/C21H21NO4/c1-25-21(24)19(22-20(23)17-11-6-12-26-17)18-15-9-4-2-7-13(15)14-8-3-5-10-16(14)18/h2-5,7-10,17-19H,6,11-12H2,1H3,(H,22,23)/t17-,19+/m1/s1. The van der Waals surface area contributed by atoms with Crippen molar-refractivity contribution in [2.45, 2.75) is 30.9 Å². The van der Waals surface area contributed by atoms with Crippen LogP contribution in [0.1, 0.15) is 29.9 Å². The first-order valence-corrected chi connectivity index (χ1v) is 8.88. The Morgan fingerprint density at radius 2 is 1.69 bits per heavy atom. The van der Waals surface area contributed by atoms with Crippen molar-refractivity contribution in [1.82, 2.24) is 5.32 Å². The summed E-state index contributed by atoms with van der Waals surface area (Å²) >= 11 is 0. The molecule has 1 heterocycles. The van der Waals surface area contributed by atoms with Gasteiger partial charge in [-0.1, -0.05) is 48.5 Å². The Bertz CT molecular complexity index is 796. The summed E-state index contributed by atoms with van der Waals surface area (Å²) < 4.78 is 10.5. The summed E-state index contributed by atoms with van der Waals surface area (Å²) in [7, 11) is 1.35. The van der Waals surface area contributed by atoms with Crippen LogP contribution in [0.2, 0.25) is 0 Å². The Hall–Kier alpha value is -2.66. The van der Waals surface area contributed by atoms with Crippen molar-refractivity contribution in [3.8, 4) is 11.1 Å². The molecular weight excluding hydrogens is 330 g/mol. The third kappa shape index (κ3) is 2.78. The summed E-state index contributed by atoms with van der Waals surface area (Å²) in [4.78, 5) is 25.2. The molecular formula is C21H21NO4. The van der Waals surface area contributed by atoms with E-state index in [1.165, 1.54) is 7.11 Å². The van der Waals surface area contributed by atoms with Gasteiger partial charge in [-0.15, -0.1) is 0 Å². The normalized spacial score (nSPS) is 19.5. The molecule has 2 aromatic rings. The van der Waals surface area contributed by atoms with Gasteiger partial charge in [0.05, 0.1) is 7.11 Å². The number of hydrogen-bond acceptors (Lipinski definition) is 4. The van der Waals surface area contributed by atoms with Crippen molar-refractivity contribution >= 4 is 11.9 Å². The van der Waals surface area contributed by atoms with Crippen LogP contribution in [-0.2, 0) is 19.1 Å². The Labute approximate surface area is 152 Å². The van der Waals surface area contributed by atoms with Gasteiger partial charge in [0.25, 0.3) is 0 Å². The second-order valence-corrected chi connectivity index (χ2v) is 6.66. The van der Waals surface area contributed by atoms with Crippen molar-refractivity contribution in [3.63, 3.8) is 0 Å². The van der Waals surface area contributed by atoms with Crippen LogP contribution >= 0.6 is 0 Å². The number of benzene rings is 2. The SMILES string of the molecule is COC(=O)[C@@H](NC(=O)[C@H]1CCCO1)C1c2ccccc2-c2ccccc21. The van der Waals surface area contributed by atoms with Gasteiger partial charge in [0.2, 0.25) is 5.91 Å². The van der Waals surface area contributed by atoms with Gasteiger partial charge in [0, 0.05) is 12.5 Å². The number of carbonyl (C=O) groups is 2. The molecule has 4 rings (SSSR count). The summed E-state index contributed by atoms with van der Waals surface area (Å²) in [5.41, 5.74) is 4.23. The smallest absolute Gasteiger partial charge is 0.329 e. The summed E-state index contributed by atoms with van der Waals surface area (Å²) in [5, 5.41) is 2.89. The Balaban J connectivity index is 1.73. The average molecular weight is 351 g/mol. The first kappa shape index (κ1) is 16.8. The molecule has 2 atom stereocenters. The molecule has 0 unspecified atom stereocenters. The van der Waals surface area contributed by atoms with Crippen LogP contribution in [0.3, 0.4) is 0 Å². The van der Waals surface area contributed by atoms with Crippen LogP contribution in [0.4, 0.5) is 0 Å². The largest absolute Gasteiger partial charge is 0.467 e. The van der Waals surface area contributed by atoms with Crippen molar-refractivity contribution in [2.24, 2.45) is 0 Å². The second-order valence-electron chi connectivity index (χ2n) is 6.66. The van der Waals surface area contributed by atoms with Crippen LogP contribution in [-0.4, -0.2) is 37.7 Å². The van der Waals surface area contributed by atoms with Crippen LogP contribution < -0.4 is 5.32 Å². The molecule has 1 aliphatic carbocycles. The number of carbonyl (C=O) groups excluding carboxylic acids is 2. The summed E-state index contributed by atoms with van der Waals surface area (Å²) in [6.07, 6.45) is 1.04. The molecule has 5 heteroatoms. The van der Waals surface area contributed by atoms with Gasteiger partial charge in [-0.3, -0.25) is 4.79 Å². The number of esters is 1. The predicted molar refractivity (Wildman–Crippen MR) is 96.6 cm³/mol. The van der Waals surface area contributed by atoms with E-state index in [1.807, 2.05) is 48.5 Å². The lowest BCUT2D eigenvalue weighted by atomic mass is 9.89. The van der Waals surface area contributed by atoms with E-state index in [0.717, 1.165) is 28.7 Å². The van der Waals surface area contributed by atoms with Crippen molar-refractivity contribution in [2.75, 3.05) is 13.7 Å². The zero-order chi connectivity index (χ0) is 18.1. The molecule has 0 spiro atoms. The fourth-order valence-corrected chi connectivity index (χ4v) is 3.99. The molecule has 5 nitrogen and oxygen atoms in total. The number of hydrogen-bond donors (Lipinski definition) is 1. The van der Waals surface area contributed by atoms with Crippen molar-refractivity contribution < 1.29 is 19.1 Å². The molecule has 1 fully saturated rings. The third-order valence-corrected chi connectivity index (χ3v) is 5.19. The van der Waals surface area contributed by atoms with E-state index in [-0.39, 0.29) is 11.8 Å². The third-order valence-electron chi connectivity index (χ3n) is 5.19. The van der Waals surface area contributed by atoms with Crippen LogP contribution in [0.25, 0.3) is 11.1 Å². The van der Waals surface area contributed by atoms with Gasteiger partial charge >= 0.3 is 5.97 Å². The summed E-state index contributed by atoms with van der Waals surface area (Å²) in [6.45, 7) is 0.579. The zero-order valence-corrected chi connectivity index (χ0v) is 14.6. The number of ether oxygens (including phenoxy) is 2. The number of methoxy groups -OCH3 is 1. The van der Waals surface area contributed by atoms with Gasteiger partial charge in [-0.05, 0) is 35.1 Å². The van der Waals surface area contributed by atoms with Gasteiger partial charge in [0.1, 0.15) is 12.1 Å². The van der Waals surface area contributed by atoms with Crippen molar-refractivity contribution in [1.29, 1.82) is 0 Å². The Kier molecular flexibility index (Phi) is 4.47. The Morgan fingerprint density at radius 3 is 2.23 bits per heavy atom. The lowest BCUT2D eigenvalue weighted by Crippen LogP contribution is -2.48. The van der Waals surface area contributed by atoms with E-state index >= 15 is 0 Å². The van der Waals surface area contributed by atoms with E-state index < -0.39 is 18.1 Å². The number of nitrogens with one attached hydrogen (secondary N) is 1. The predicted octanol–water partition coefficient (Wildman–Crippen LogP) is 2.64. The maximum Gasteiger partial charge on any atom is 0.329 e. The molecule has 1 aliphatic heterocycles. The number of amides is 1. The molecule has 134 valence electrons. The minimum Gasteiger partial charge on any atom is -0.467 e. The lowest BCUT2D eigenvalue weighted by molar-refractivity contribution is -0.146. The molecule has 2 aromatic carbocycles. The maximum atomic E-state index is 12.6. The molecule has 26 heavy (non-hydrogen) atoms. The van der Waals surface area contributed by atoms with Gasteiger partial charge in [-0.25, -0.2) is 4.79 Å². The second kappa shape index (κ2) is 6.92. The summed E-state index contributed by atoms with van der Waals surface area (Å²) in [6, 6.07) is 15.2. The fraction of sp³-hybridized carbons (Fsp3) is 0.333. The topological polar surface area (TPSA) is 64.6 Å². The van der Waals surface area contributed by atoms with E-state index in [0.29, 0.717) is 13.0 Å². The lowest BCUT2D eigenvalue weighted by Gasteiger charge is -2.25. The molecule has 1 saturated heterocycles. The minimum absolute atomic E-state index is 0.250. The summed E-state index contributed by atoms with van der Waals surface area (Å²) in [5.74, 6) is -0.979. The zero-order valence-electron chi connectivity index (χ0n) is 14.6. The van der Waals surface area contributed by atoms with E-state index in [2.05, 4.69) is 5.32 Å². The highest BCUT2D eigenvalue weighted by atomic mass is 16.5. The highest BCUT2D eigenvalue weighted by Crippen LogP contribution is 2.46. The Morgan fingerprint density at radius 1 is 1.08 bits per heavy atom. The molecule has 0 saturated carbocycles.